The number of methoxy groups -OCH3 is 1. The van der Waals surface area contributed by atoms with Crippen LogP contribution in [0.2, 0.25) is 0 Å². The van der Waals surface area contributed by atoms with Crippen molar-refractivity contribution >= 4 is 23.5 Å². The molecule has 0 aliphatic rings. The Labute approximate surface area is 168 Å². The predicted molar refractivity (Wildman–Crippen MR) is 105 cm³/mol. The van der Waals surface area contributed by atoms with Crippen molar-refractivity contribution in [2.24, 2.45) is 0 Å². The molecule has 8 heteroatoms. The van der Waals surface area contributed by atoms with Crippen LogP contribution in [0.1, 0.15) is 28.4 Å². The predicted octanol–water partition coefficient (Wildman–Crippen LogP) is 2.75. The highest BCUT2D eigenvalue weighted by Crippen LogP contribution is 2.19. The van der Waals surface area contributed by atoms with Gasteiger partial charge in [-0.1, -0.05) is 18.2 Å². The maximum absolute atomic E-state index is 13.9. The zero-order chi connectivity index (χ0) is 21.6. The summed E-state index contributed by atoms with van der Waals surface area (Å²) in [6.07, 6.45) is -1.21. The number of hydrogen-bond acceptors (Lipinski definition) is 5. The third kappa shape index (κ3) is 5.78. The van der Waals surface area contributed by atoms with Gasteiger partial charge in [-0.3, -0.25) is 9.59 Å². The first kappa shape index (κ1) is 21.9. The van der Waals surface area contributed by atoms with E-state index in [1.54, 1.807) is 0 Å². The summed E-state index contributed by atoms with van der Waals surface area (Å²) < 4.78 is 23.8. The Morgan fingerprint density at radius 2 is 1.76 bits per heavy atom. The minimum absolute atomic E-state index is 0.250. The molecule has 2 rings (SSSR count). The Morgan fingerprint density at radius 1 is 1.10 bits per heavy atom. The van der Waals surface area contributed by atoms with Crippen LogP contribution in [0.15, 0.2) is 36.4 Å². The van der Waals surface area contributed by atoms with E-state index in [4.69, 9.17) is 9.47 Å². The molecule has 0 aliphatic heterocycles. The number of carbonyl (C=O) groups excluding carboxylic acids is 3. The molecule has 0 spiro atoms. The molecule has 1 unspecified atom stereocenters. The number of rotatable bonds is 7. The van der Waals surface area contributed by atoms with Gasteiger partial charge in [-0.2, -0.15) is 0 Å². The van der Waals surface area contributed by atoms with Crippen molar-refractivity contribution in [3.05, 3.63) is 58.9 Å². The summed E-state index contributed by atoms with van der Waals surface area (Å²) in [5.74, 6) is -2.66. The number of esters is 1. The van der Waals surface area contributed by atoms with Crippen molar-refractivity contribution in [1.82, 2.24) is 5.32 Å². The molecular weight excluding hydrogens is 379 g/mol. The zero-order valence-electron chi connectivity index (χ0n) is 16.7. The van der Waals surface area contributed by atoms with Crippen molar-refractivity contribution in [3.8, 4) is 5.75 Å². The van der Waals surface area contributed by atoms with Crippen LogP contribution in [0.25, 0.3) is 0 Å². The molecule has 7 nitrogen and oxygen atoms in total. The normalized spacial score (nSPS) is 11.3. The Kier molecular flexibility index (Phi) is 7.30. The van der Waals surface area contributed by atoms with Gasteiger partial charge in [0.1, 0.15) is 11.6 Å². The lowest BCUT2D eigenvalue weighted by molar-refractivity contribution is -0.130. The fraction of sp³-hybridized carbons (Fsp3) is 0.286. The molecule has 29 heavy (non-hydrogen) atoms. The van der Waals surface area contributed by atoms with E-state index in [9.17, 15) is 18.8 Å². The largest absolute Gasteiger partial charge is 0.497 e. The van der Waals surface area contributed by atoms with Gasteiger partial charge in [0.2, 0.25) is 5.91 Å². The number of anilines is 1. The van der Waals surface area contributed by atoms with E-state index in [1.165, 1.54) is 26.2 Å². The second-order valence-electron chi connectivity index (χ2n) is 6.43. The van der Waals surface area contributed by atoms with E-state index in [1.807, 2.05) is 32.0 Å². The Bertz CT molecular complexity index is 909. The molecule has 0 radical (unpaired) electrons. The summed E-state index contributed by atoms with van der Waals surface area (Å²) in [6.45, 7) is 4.76. The molecule has 0 saturated carbocycles. The second kappa shape index (κ2) is 9.68. The molecule has 0 fully saturated rings. The average molecular weight is 402 g/mol. The minimum Gasteiger partial charge on any atom is -0.497 e. The van der Waals surface area contributed by atoms with Gasteiger partial charge < -0.3 is 20.1 Å². The van der Waals surface area contributed by atoms with E-state index >= 15 is 0 Å². The fourth-order valence-corrected chi connectivity index (χ4v) is 2.57. The van der Waals surface area contributed by atoms with E-state index in [2.05, 4.69) is 10.6 Å². The van der Waals surface area contributed by atoms with Crippen LogP contribution in [0.3, 0.4) is 0 Å². The van der Waals surface area contributed by atoms with E-state index in [0.717, 1.165) is 17.2 Å². The van der Waals surface area contributed by atoms with Gasteiger partial charge in [-0.05, 0) is 44.0 Å². The van der Waals surface area contributed by atoms with Crippen LogP contribution in [0, 0.1) is 19.7 Å². The van der Waals surface area contributed by atoms with Crippen molar-refractivity contribution in [2.75, 3.05) is 19.0 Å². The first-order valence-electron chi connectivity index (χ1n) is 8.91. The third-order valence-electron chi connectivity index (χ3n) is 4.22. The number of carbonyl (C=O) groups is 3. The maximum atomic E-state index is 13.9. The van der Waals surface area contributed by atoms with Crippen molar-refractivity contribution in [1.29, 1.82) is 0 Å². The number of hydrogen-bond donors (Lipinski definition) is 2. The third-order valence-corrected chi connectivity index (χ3v) is 4.22. The highest BCUT2D eigenvalue weighted by molar-refractivity contribution is 5.97. The van der Waals surface area contributed by atoms with Crippen molar-refractivity contribution in [3.63, 3.8) is 0 Å². The molecule has 2 N–H and O–H groups in total. The fourth-order valence-electron chi connectivity index (χ4n) is 2.57. The summed E-state index contributed by atoms with van der Waals surface area (Å²) in [6, 6.07) is 9.26. The van der Waals surface area contributed by atoms with E-state index < -0.39 is 29.7 Å². The quantitative estimate of drug-likeness (QED) is 0.695. The number of ether oxygens (including phenoxy) is 2. The summed E-state index contributed by atoms with van der Waals surface area (Å²) in [5.41, 5.74) is 2.15. The molecule has 2 aromatic rings. The van der Waals surface area contributed by atoms with Crippen molar-refractivity contribution in [2.45, 2.75) is 26.9 Å². The molecule has 0 saturated heterocycles. The molecular formula is C21H23FN2O5. The monoisotopic (exact) mass is 402 g/mol. The lowest BCUT2D eigenvalue weighted by Crippen LogP contribution is -2.40. The SMILES string of the molecule is COc1ccc(C(=O)OC(C)C(=O)NCC(=O)Nc2c(C)cccc2C)c(F)c1. The maximum Gasteiger partial charge on any atom is 0.341 e. The van der Waals surface area contributed by atoms with Gasteiger partial charge >= 0.3 is 5.97 Å². The first-order valence-corrected chi connectivity index (χ1v) is 8.91. The summed E-state index contributed by atoms with van der Waals surface area (Å²) in [4.78, 5) is 36.3. The van der Waals surface area contributed by atoms with Gasteiger partial charge in [0.05, 0.1) is 19.2 Å². The van der Waals surface area contributed by atoms with Gasteiger partial charge in [0.15, 0.2) is 6.10 Å². The van der Waals surface area contributed by atoms with E-state index in [-0.39, 0.29) is 17.9 Å². The number of benzene rings is 2. The average Bonchev–Trinajstić information content (AvgIpc) is 2.68. The van der Waals surface area contributed by atoms with E-state index in [0.29, 0.717) is 5.69 Å². The highest BCUT2D eigenvalue weighted by atomic mass is 19.1. The molecule has 2 aromatic carbocycles. The Balaban J connectivity index is 1.88. The molecule has 0 aromatic heterocycles. The number of amides is 2. The molecule has 1 atom stereocenters. The van der Waals surface area contributed by atoms with Gasteiger partial charge in [-0.25, -0.2) is 9.18 Å². The molecule has 2 amide bonds. The minimum atomic E-state index is -1.21. The standard InChI is InChI=1S/C21H23FN2O5/c1-12-6-5-7-13(2)19(12)24-18(25)11-23-20(26)14(3)29-21(27)16-9-8-15(28-4)10-17(16)22/h5-10,14H,11H2,1-4H3,(H,23,26)(H,24,25). The van der Waals surface area contributed by atoms with Gasteiger partial charge in [-0.15, -0.1) is 0 Å². The summed E-state index contributed by atoms with van der Waals surface area (Å²) in [5, 5.41) is 5.12. The van der Waals surface area contributed by atoms with Crippen LogP contribution in [0.4, 0.5) is 10.1 Å². The van der Waals surface area contributed by atoms with Crippen LogP contribution in [-0.2, 0) is 14.3 Å². The lowest BCUT2D eigenvalue weighted by atomic mass is 10.1. The summed E-state index contributed by atoms with van der Waals surface area (Å²) >= 11 is 0. The Morgan fingerprint density at radius 3 is 2.34 bits per heavy atom. The van der Waals surface area contributed by atoms with Crippen LogP contribution < -0.4 is 15.4 Å². The molecule has 0 aliphatic carbocycles. The zero-order valence-corrected chi connectivity index (χ0v) is 16.7. The highest BCUT2D eigenvalue weighted by Gasteiger charge is 2.22. The lowest BCUT2D eigenvalue weighted by Gasteiger charge is -2.15. The second-order valence-corrected chi connectivity index (χ2v) is 6.43. The van der Waals surface area contributed by atoms with Gasteiger partial charge in [0.25, 0.3) is 5.91 Å². The Hall–Kier alpha value is -3.42. The smallest absolute Gasteiger partial charge is 0.341 e. The van der Waals surface area contributed by atoms with Crippen LogP contribution in [-0.4, -0.2) is 37.5 Å². The van der Waals surface area contributed by atoms with Crippen LogP contribution in [0.5, 0.6) is 5.75 Å². The van der Waals surface area contributed by atoms with Crippen LogP contribution >= 0.6 is 0 Å². The number of para-hydroxylation sites is 1. The molecule has 0 heterocycles. The molecule has 0 bridgehead atoms. The molecule has 154 valence electrons. The first-order chi connectivity index (χ1) is 13.7. The number of halogens is 1. The topological polar surface area (TPSA) is 93.7 Å². The summed E-state index contributed by atoms with van der Waals surface area (Å²) in [7, 11) is 1.37. The number of aryl methyl sites for hydroxylation is 2. The van der Waals surface area contributed by atoms with Gasteiger partial charge in [0, 0.05) is 11.8 Å². The van der Waals surface area contributed by atoms with Crippen molar-refractivity contribution < 1.29 is 28.2 Å². The number of nitrogens with one attached hydrogen (secondary N) is 2.